The van der Waals surface area contributed by atoms with Crippen LogP contribution in [0.5, 0.6) is 0 Å². The molecule has 1 unspecified atom stereocenters. The van der Waals surface area contributed by atoms with Gasteiger partial charge in [0.1, 0.15) is 5.01 Å². The van der Waals surface area contributed by atoms with Gasteiger partial charge >= 0.3 is 0 Å². The summed E-state index contributed by atoms with van der Waals surface area (Å²) >= 11 is 7.50. The highest BCUT2D eigenvalue weighted by Gasteiger charge is 2.35. The summed E-state index contributed by atoms with van der Waals surface area (Å²) in [4.78, 5) is 26.4. The van der Waals surface area contributed by atoms with E-state index in [1.807, 2.05) is 32.9 Å². The number of carbonyl (C=O) groups is 2. The molecule has 1 atom stereocenters. The van der Waals surface area contributed by atoms with Crippen LogP contribution in [0.25, 0.3) is 0 Å². The quantitative estimate of drug-likeness (QED) is 0.881. The normalized spacial score (nSPS) is 17.4. The first-order chi connectivity index (χ1) is 11.8. The van der Waals surface area contributed by atoms with Crippen molar-refractivity contribution in [1.29, 1.82) is 0 Å². The number of hydrogen-bond acceptors (Lipinski definition) is 5. The second-order valence-corrected chi connectivity index (χ2v) is 7.84. The van der Waals surface area contributed by atoms with Gasteiger partial charge in [-0.15, -0.1) is 10.2 Å². The van der Waals surface area contributed by atoms with Crippen LogP contribution in [-0.4, -0.2) is 28.6 Å². The SMILES string of the molecule is Cc1ccc(N2CC(C(=O)Nc3nnc(C(C)C)s3)CC2=O)cc1Cl. The van der Waals surface area contributed by atoms with Crippen molar-refractivity contribution in [1.82, 2.24) is 10.2 Å². The first-order valence-corrected chi connectivity index (χ1v) is 9.25. The molecule has 0 bridgehead atoms. The van der Waals surface area contributed by atoms with E-state index in [4.69, 9.17) is 11.6 Å². The average Bonchev–Trinajstić information content (AvgIpc) is 3.17. The van der Waals surface area contributed by atoms with Gasteiger partial charge in [0.15, 0.2) is 0 Å². The second kappa shape index (κ2) is 7.09. The third kappa shape index (κ3) is 3.82. The molecule has 0 aliphatic carbocycles. The minimum absolute atomic E-state index is 0.0831. The number of anilines is 2. The molecule has 1 saturated heterocycles. The zero-order chi connectivity index (χ0) is 18.1. The summed E-state index contributed by atoms with van der Waals surface area (Å²) in [5.74, 6) is -0.447. The Morgan fingerprint density at radius 1 is 1.40 bits per heavy atom. The summed E-state index contributed by atoms with van der Waals surface area (Å²) in [6.45, 7) is 6.28. The summed E-state index contributed by atoms with van der Waals surface area (Å²) in [6.07, 6.45) is 0.174. The summed E-state index contributed by atoms with van der Waals surface area (Å²) in [5, 5.41) is 12.8. The number of aromatic nitrogens is 2. The van der Waals surface area contributed by atoms with Crippen LogP contribution in [0.2, 0.25) is 5.02 Å². The van der Waals surface area contributed by atoms with E-state index in [1.165, 1.54) is 11.3 Å². The summed E-state index contributed by atoms with van der Waals surface area (Å²) in [7, 11) is 0. The van der Waals surface area contributed by atoms with Crippen LogP contribution in [0.1, 0.15) is 36.8 Å². The molecule has 6 nitrogen and oxygen atoms in total. The van der Waals surface area contributed by atoms with Gasteiger partial charge in [0.25, 0.3) is 0 Å². The van der Waals surface area contributed by atoms with Gasteiger partial charge in [-0.3, -0.25) is 9.59 Å². The Balaban J connectivity index is 1.68. The molecule has 1 N–H and O–H groups in total. The fourth-order valence-electron chi connectivity index (χ4n) is 2.61. The Labute approximate surface area is 155 Å². The summed E-state index contributed by atoms with van der Waals surface area (Å²) < 4.78 is 0. The highest BCUT2D eigenvalue weighted by molar-refractivity contribution is 7.15. The standard InChI is InChI=1S/C17H19ClN4O2S/c1-9(2)16-20-21-17(25-16)19-15(24)11-6-14(23)22(8-11)12-5-4-10(3)13(18)7-12/h4-5,7,9,11H,6,8H2,1-3H3,(H,19,21,24). The van der Waals surface area contributed by atoms with Crippen LogP contribution in [0.15, 0.2) is 18.2 Å². The lowest BCUT2D eigenvalue weighted by Crippen LogP contribution is -2.28. The summed E-state index contributed by atoms with van der Waals surface area (Å²) in [6, 6.07) is 5.47. The van der Waals surface area contributed by atoms with Crippen LogP contribution >= 0.6 is 22.9 Å². The molecule has 0 saturated carbocycles. The molecule has 3 rings (SSSR count). The van der Waals surface area contributed by atoms with Crippen molar-refractivity contribution in [2.75, 3.05) is 16.8 Å². The van der Waals surface area contributed by atoms with E-state index in [9.17, 15) is 9.59 Å². The number of benzene rings is 1. The van der Waals surface area contributed by atoms with E-state index in [2.05, 4.69) is 15.5 Å². The van der Waals surface area contributed by atoms with Crippen molar-refractivity contribution in [3.05, 3.63) is 33.8 Å². The highest BCUT2D eigenvalue weighted by atomic mass is 35.5. The van der Waals surface area contributed by atoms with Crippen LogP contribution in [-0.2, 0) is 9.59 Å². The molecule has 0 spiro atoms. The lowest BCUT2D eigenvalue weighted by Gasteiger charge is -2.17. The van der Waals surface area contributed by atoms with Crippen molar-refractivity contribution in [2.45, 2.75) is 33.1 Å². The maximum atomic E-state index is 12.5. The van der Waals surface area contributed by atoms with Gasteiger partial charge in [0.2, 0.25) is 16.9 Å². The predicted molar refractivity (Wildman–Crippen MR) is 99.3 cm³/mol. The van der Waals surface area contributed by atoms with Gasteiger partial charge in [0.05, 0.1) is 5.92 Å². The molecule has 1 aliphatic heterocycles. The molecule has 1 fully saturated rings. The van der Waals surface area contributed by atoms with E-state index in [1.54, 1.807) is 11.0 Å². The lowest BCUT2D eigenvalue weighted by molar-refractivity contribution is -0.122. The van der Waals surface area contributed by atoms with E-state index in [0.29, 0.717) is 22.4 Å². The monoisotopic (exact) mass is 378 g/mol. The number of amides is 2. The van der Waals surface area contributed by atoms with Crippen LogP contribution < -0.4 is 10.2 Å². The zero-order valence-corrected chi connectivity index (χ0v) is 15.8. The van der Waals surface area contributed by atoms with E-state index in [-0.39, 0.29) is 24.2 Å². The molecule has 1 aromatic heterocycles. The fourth-order valence-corrected chi connectivity index (χ4v) is 3.53. The third-order valence-electron chi connectivity index (χ3n) is 4.13. The minimum atomic E-state index is -0.418. The molecule has 8 heteroatoms. The minimum Gasteiger partial charge on any atom is -0.312 e. The first kappa shape index (κ1) is 17.8. The molecule has 2 heterocycles. The number of aryl methyl sites for hydroxylation is 1. The van der Waals surface area contributed by atoms with Gasteiger partial charge in [-0.2, -0.15) is 0 Å². The van der Waals surface area contributed by atoms with Gasteiger partial charge in [-0.1, -0.05) is 42.9 Å². The zero-order valence-electron chi connectivity index (χ0n) is 14.2. The molecule has 1 aliphatic rings. The van der Waals surface area contributed by atoms with Crippen molar-refractivity contribution >= 4 is 45.6 Å². The van der Waals surface area contributed by atoms with Crippen LogP contribution in [0.3, 0.4) is 0 Å². The van der Waals surface area contributed by atoms with Crippen molar-refractivity contribution < 1.29 is 9.59 Å². The molecule has 1 aromatic carbocycles. The van der Waals surface area contributed by atoms with Crippen LogP contribution in [0.4, 0.5) is 10.8 Å². The lowest BCUT2D eigenvalue weighted by atomic mass is 10.1. The van der Waals surface area contributed by atoms with Crippen molar-refractivity contribution in [2.24, 2.45) is 5.92 Å². The molecular formula is C17H19ClN4O2S. The van der Waals surface area contributed by atoms with Gasteiger partial charge in [0, 0.05) is 29.6 Å². The number of rotatable bonds is 4. The van der Waals surface area contributed by atoms with Crippen LogP contribution in [0, 0.1) is 12.8 Å². The number of carbonyl (C=O) groups excluding carboxylic acids is 2. The third-order valence-corrected chi connectivity index (χ3v) is 5.67. The van der Waals surface area contributed by atoms with Gasteiger partial charge in [-0.25, -0.2) is 0 Å². The largest absolute Gasteiger partial charge is 0.312 e. The van der Waals surface area contributed by atoms with Crippen molar-refractivity contribution in [3.8, 4) is 0 Å². The maximum absolute atomic E-state index is 12.5. The fraction of sp³-hybridized carbons (Fsp3) is 0.412. The number of nitrogens with one attached hydrogen (secondary N) is 1. The average molecular weight is 379 g/mol. The molecule has 0 radical (unpaired) electrons. The molecule has 132 valence electrons. The van der Waals surface area contributed by atoms with Gasteiger partial charge < -0.3 is 10.2 Å². The Morgan fingerprint density at radius 3 is 2.80 bits per heavy atom. The van der Waals surface area contributed by atoms with Crippen molar-refractivity contribution in [3.63, 3.8) is 0 Å². The molecule has 25 heavy (non-hydrogen) atoms. The van der Waals surface area contributed by atoms with Gasteiger partial charge in [-0.05, 0) is 24.6 Å². The Bertz CT molecular complexity index is 821. The Hall–Kier alpha value is -1.99. The predicted octanol–water partition coefficient (Wildman–Crippen LogP) is 3.61. The van der Waals surface area contributed by atoms with E-state index >= 15 is 0 Å². The number of halogens is 1. The topological polar surface area (TPSA) is 75.2 Å². The Kier molecular flexibility index (Phi) is 5.06. The number of nitrogens with zero attached hydrogens (tertiary/aromatic N) is 3. The first-order valence-electron chi connectivity index (χ1n) is 8.06. The smallest absolute Gasteiger partial charge is 0.231 e. The highest BCUT2D eigenvalue weighted by Crippen LogP contribution is 2.30. The Morgan fingerprint density at radius 2 is 2.16 bits per heavy atom. The second-order valence-electron chi connectivity index (χ2n) is 6.43. The molecule has 2 aromatic rings. The molecular weight excluding hydrogens is 360 g/mol. The summed E-state index contributed by atoms with van der Waals surface area (Å²) in [5.41, 5.74) is 1.66. The van der Waals surface area contributed by atoms with E-state index in [0.717, 1.165) is 10.6 Å². The number of hydrogen-bond donors (Lipinski definition) is 1. The molecule has 2 amide bonds. The maximum Gasteiger partial charge on any atom is 0.231 e. The van der Waals surface area contributed by atoms with E-state index < -0.39 is 5.92 Å².